The Morgan fingerprint density at radius 2 is 1.86 bits per heavy atom. The number of aliphatic hydroxyl groups excluding tert-OH is 1. The van der Waals surface area contributed by atoms with Crippen LogP contribution in [0, 0.1) is 0 Å². The van der Waals surface area contributed by atoms with Crippen LogP contribution in [-0.4, -0.2) is 37.0 Å². The highest BCUT2D eigenvalue weighted by atomic mass is 32.2. The summed E-state index contributed by atoms with van der Waals surface area (Å²) in [5.74, 6) is 0. The van der Waals surface area contributed by atoms with Crippen LogP contribution in [0.4, 0.5) is 0 Å². The van der Waals surface area contributed by atoms with E-state index in [9.17, 15) is 13.5 Å². The maximum absolute atomic E-state index is 12.8. The number of fused-ring (bicyclic) bond motifs is 1. The van der Waals surface area contributed by atoms with Gasteiger partial charge in [0.05, 0.1) is 11.5 Å². The van der Waals surface area contributed by atoms with Gasteiger partial charge in [-0.05, 0) is 35.7 Å². The molecule has 1 N–H and O–H groups in total. The van der Waals surface area contributed by atoms with E-state index in [0.29, 0.717) is 11.4 Å². The topological polar surface area (TPSA) is 57.6 Å². The second kappa shape index (κ2) is 5.75. The van der Waals surface area contributed by atoms with Gasteiger partial charge >= 0.3 is 0 Å². The predicted octanol–water partition coefficient (Wildman–Crippen LogP) is 2.38. The van der Waals surface area contributed by atoms with E-state index in [-0.39, 0.29) is 12.6 Å². The van der Waals surface area contributed by atoms with Gasteiger partial charge in [-0.2, -0.15) is 4.31 Å². The first-order valence-corrected chi connectivity index (χ1v) is 8.68. The quantitative estimate of drug-likeness (QED) is 0.947. The van der Waals surface area contributed by atoms with Crippen molar-refractivity contribution in [3.05, 3.63) is 42.5 Å². The molecule has 0 saturated carbocycles. The van der Waals surface area contributed by atoms with Gasteiger partial charge in [0.25, 0.3) is 0 Å². The molecule has 0 bridgehead atoms. The highest BCUT2D eigenvalue weighted by Crippen LogP contribution is 2.27. The van der Waals surface area contributed by atoms with Gasteiger partial charge in [-0.15, -0.1) is 0 Å². The number of nitrogens with zero attached hydrogens (tertiary/aromatic N) is 1. The summed E-state index contributed by atoms with van der Waals surface area (Å²) in [4.78, 5) is 0.307. The van der Waals surface area contributed by atoms with Crippen LogP contribution in [0.3, 0.4) is 0 Å². The summed E-state index contributed by atoms with van der Waals surface area (Å²) in [7, 11) is -3.54. The minimum atomic E-state index is -3.54. The van der Waals surface area contributed by atoms with E-state index < -0.39 is 10.0 Å². The first-order chi connectivity index (χ1) is 10.1. The maximum Gasteiger partial charge on any atom is 0.243 e. The average molecular weight is 305 g/mol. The van der Waals surface area contributed by atoms with Gasteiger partial charge in [0.2, 0.25) is 10.0 Å². The Morgan fingerprint density at radius 3 is 2.62 bits per heavy atom. The summed E-state index contributed by atoms with van der Waals surface area (Å²) >= 11 is 0. The lowest BCUT2D eigenvalue weighted by atomic mass is 10.1. The Kier molecular flexibility index (Phi) is 3.97. The fourth-order valence-corrected chi connectivity index (χ4v) is 4.66. The number of rotatable bonds is 3. The SMILES string of the molecule is O=S(=O)(c1ccc2ccccc2c1)N1CCCCC1CO. The van der Waals surface area contributed by atoms with E-state index in [1.165, 1.54) is 4.31 Å². The number of aliphatic hydroxyl groups is 1. The lowest BCUT2D eigenvalue weighted by Gasteiger charge is -2.33. The molecule has 1 saturated heterocycles. The number of sulfonamides is 1. The number of benzene rings is 2. The summed E-state index contributed by atoms with van der Waals surface area (Å²) < 4.78 is 27.1. The first-order valence-electron chi connectivity index (χ1n) is 7.24. The van der Waals surface area contributed by atoms with Crippen LogP contribution in [0.5, 0.6) is 0 Å². The van der Waals surface area contributed by atoms with E-state index in [1.807, 2.05) is 30.3 Å². The van der Waals surface area contributed by atoms with E-state index in [1.54, 1.807) is 12.1 Å². The second-order valence-electron chi connectivity index (χ2n) is 5.46. The van der Waals surface area contributed by atoms with Crippen molar-refractivity contribution in [2.24, 2.45) is 0 Å². The normalized spacial score (nSPS) is 20.7. The van der Waals surface area contributed by atoms with Crippen molar-refractivity contribution >= 4 is 20.8 Å². The molecular formula is C16H19NO3S. The number of hydrogen-bond donors (Lipinski definition) is 1. The van der Waals surface area contributed by atoms with E-state index in [2.05, 4.69) is 0 Å². The first kappa shape index (κ1) is 14.5. The minimum absolute atomic E-state index is 0.118. The molecule has 3 rings (SSSR count). The Morgan fingerprint density at radius 1 is 1.10 bits per heavy atom. The van der Waals surface area contributed by atoms with Gasteiger partial charge in [-0.3, -0.25) is 0 Å². The third-order valence-corrected chi connectivity index (χ3v) is 6.06. The van der Waals surface area contributed by atoms with Gasteiger partial charge in [0.1, 0.15) is 0 Å². The minimum Gasteiger partial charge on any atom is -0.395 e. The molecule has 0 amide bonds. The highest BCUT2D eigenvalue weighted by molar-refractivity contribution is 7.89. The molecule has 0 radical (unpaired) electrons. The average Bonchev–Trinajstić information content (AvgIpc) is 2.54. The van der Waals surface area contributed by atoms with E-state index in [0.717, 1.165) is 30.0 Å². The molecule has 0 aliphatic carbocycles. The van der Waals surface area contributed by atoms with Crippen molar-refractivity contribution in [1.29, 1.82) is 0 Å². The van der Waals surface area contributed by atoms with Crippen molar-refractivity contribution in [3.63, 3.8) is 0 Å². The van der Waals surface area contributed by atoms with E-state index in [4.69, 9.17) is 0 Å². The molecule has 2 aromatic carbocycles. The molecule has 1 atom stereocenters. The van der Waals surface area contributed by atoms with Gasteiger partial charge in [0.15, 0.2) is 0 Å². The van der Waals surface area contributed by atoms with Crippen LogP contribution in [0.15, 0.2) is 47.4 Å². The van der Waals surface area contributed by atoms with Crippen LogP contribution < -0.4 is 0 Å². The largest absolute Gasteiger partial charge is 0.395 e. The van der Waals surface area contributed by atoms with Gasteiger partial charge in [-0.1, -0.05) is 36.8 Å². The third-order valence-electron chi connectivity index (χ3n) is 4.11. The van der Waals surface area contributed by atoms with Crippen molar-refractivity contribution in [2.45, 2.75) is 30.2 Å². The fourth-order valence-electron chi connectivity index (χ4n) is 2.94. The number of hydrogen-bond acceptors (Lipinski definition) is 3. The van der Waals surface area contributed by atoms with Gasteiger partial charge in [0, 0.05) is 12.6 Å². The molecule has 0 aromatic heterocycles. The monoisotopic (exact) mass is 305 g/mol. The summed E-state index contributed by atoms with van der Waals surface area (Å²) in [6, 6.07) is 12.6. The van der Waals surface area contributed by atoms with Crippen molar-refractivity contribution in [3.8, 4) is 0 Å². The van der Waals surface area contributed by atoms with Crippen molar-refractivity contribution < 1.29 is 13.5 Å². The van der Waals surface area contributed by atoms with Crippen molar-refractivity contribution in [2.75, 3.05) is 13.2 Å². The Balaban J connectivity index is 2.02. The van der Waals surface area contributed by atoms with Crippen LogP contribution in [-0.2, 0) is 10.0 Å². The Hall–Kier alpha value is -1.43. The molecule has 0 spiro atoms. The summed E-state index contributed by atoms with van der Waals surface area (Å²) in [5.41, 5.74) is 0. The molecule has 1 heterocycles. The van der Waals surface area contributed by atoms with Gasteiger partial charge < -0.3 is 5.11 Å². The Bertz CT molecular complexity index is 742. The zero-order chi connectivity index (χ0) is 14.9. The molecule has 112 valence electrons. The molecule has 1 unspecified atom stereocenters. The lowest BCUT2D eigenvalue weighted by molar-refractivity contribution is 0.155. The summed E-state index contributed by atoms with van der Waals surface area (Å²) in [6.07, 6.45) is 2.54. The zero-order valence-corrected chi connectivity index (χ0v) is 12.6. The molecule has 1 aliphatic rings. The predicted molar refractivity (Wildman–Crippen MR) is 82.6 cm³/mol. The molecule has 21 heavy (non-hydrogen) atoms. The second-order valence-corrected chi connectivity index (χ2v) is 7.35. The smallest absolute Gasteiger partial charge is 0.243 e. The van der Waals surface area contributed by atoms with Crippen LogP contribution in [0.2, 0.25) is 0 Å². The standard InChI is InChI=1S/C16H19NO3S/c18-12-15-7-3-4-10-17(15)21(19,20)16-9-8-13-5-1-2-6-14(13)11-16/h1-2,5-6,8-9,11,15,18H,3-4,7,10,12H2. The highest BCUT2D eigenvalue weighted by Gasteiger charge is 2.33. The maximum atomic E-state index is 12.8. The molecule has 1 aliphatic heterocycles. The number of piperidine rings is 1. The molecule has 2 aromatic rings. The molecule has 1 fully saturated rings. The van der Waals surface area contributed by atoms with Crippen LogP contribution in [0.25, 0.3) is 10.8 Å². The van der Waals surface area contributed by atoms with Crippen LogP contribution in [0.1, 0.15) is 19.3 Å². The molecule has 5 heteroatoms. The Labute approximate surface area is 125 Å². The molecule has 4 nitrogen and oxygen atoms in total. The van der Waals surface area contributed by atoms with Gasteiger partial charge in [-0.25, -0.2) is 8.42 Å². The summed E-state index contributed by atoms with van der Waals surface area (Å²) in [6.45, 7) is 0.368. The summed E-state index contributed by atoms with van der Waals surface area (Å²) in [5, 5.41) is 11.4. The van der Waals surface area contributed by atoms with Crippen molar-refractivity contribution in [1.82, 2.24) is 4.31 Å². The fraction of sp³-hybridized carbons (Fsp3) is 0.375. The third kappa shape index (κ3) is 2.69. The van der Waals surface area contributed by atoms with E-state index >= 15 is 0 Å². The van der Waals surface area contributed by atoms with Crippen LogP contribution >= 0.6 is 0 Å². The lowest BCUT2D eigenvalue weighted by Crippen LogP contribution is -2.45. The zero-order valence-electron chi connectivity index (χ0n) is 11.8. The molecular weight excluding hydrogens is 286 g/mol.